The van der Waals surface area contributed by atoms with Gasteiger partial charge in [-0.3, -0.25) is 4.79 Å². The predicted molar refractivity (Wildman–Crippen MR) is 84.8 cm³/mol. The van der Waals surface area contributed by atoms with Crippen molar-refractivity contribution in [3.05, 3.63) is 32.4 Å². The zero-order valence-electron chi connectivity index (χ0n) is 9.95. The van der Waals surface area contributed by atoms with Gasteiger partial charge in [-0.1, -0.05) is 11.6 Å². The molecule has 18 heavy (non-hydrogen) atoms. The first-order chi connectivity index (χ1) is 8.09. The molecule has 0 aliphatic carbocycles. The Bertz CT molecular complexity index is 442. The quantitative estimate of drug-likeness (QED) is 0.735. The highest BCUT2D eigenvalue weighted by Crippen LogP contribution is 2.21. The molecule has 0 aromatic heterocycles. The van der Waals surface area contributed by atoms with Crippen molar-refractivity contribution in [1.82, 2.24) is 10.2 Å². The zero-order valence-corrected chi connectivity index (χ0v) is 13.7. The van der Waals surface area contributed by atoms with Crippen LogP contribution in [-0.4, -0.2) is 36.5 Å². The van der Waals surface area contributed by atoms with Crippen molar-refractivity contribution >= 4 is 52.5 Å². The number of halogens is 3. The Balaban J connectivity index is 0.00000162. The molecular formula is C12H15Cl2IN2O. The van der Waals surface area contributed by atoms with Crippen LogP contribution in [0.3, 0.4) is 0 Å². The van der Waals surface area contributed by atoms with Crippen LogP contribution in [0, 0.1) is 3.57 Å². The normalized spacial score (nSPS) is 19.3. The second kappa shape index (κ2) is 6.93. The number of carbonyl (C=O) groups is 1. The molecule has 1 fully saturated rings. The number of nitrogens with one attached hydrogen (secondary N) is 1. The van der Waals surface area contributed by atoms with Gasteiger partial charge in [0.2, 0.25) is 0 Å². The summed E-state index contributed by atoms with van der Waals surface area (Å²) in [5, 5.41) is 3.97. The van der Waals surface area contributed by atoms with Gasteiger partial charge in [-0.25, -0.2) is 0 Å². The average Bonchev–Trinajstić information content (AvgIpc) is 2.32. The Hall–Kier alpha value is -0.0400. The Morgan fingerprint density at radius 3 is 2.89 bits per heavy atom. The third-order valence-electron chi connectivity index (χ3n) is 2.93. The van der Waals surface area contributed by atoms with Crippen LogP contribution in [0.5, 0.6) is 0 Å². The van der Waals surface area contributed by atoms with Gasteiger partial charge in [0.05, 0.1) is 5.02 Å². The Labute approximate surface area is 132 Å². The summed E-state index contributed by atoms with van der Waals surface area (Å²) in [4.78, 5) is 14.2. The van der Waals surface area contributed by atoms with Gasteiger partial charge in [0.25, 0.3) is 5.91 Å². The fourth-order valence-electron chi connectivity index (χ4n) is 1.94. The van der Waals surface area contributed by atoms with Gasteiger partial charge in [-0.2, -0.15) is 0 Å². The standard InChI is InChI=1S/C12H14ClIN2O.ClH/c1-8-7-15-4-5-16(8)12(17)9-2-3-10(13)11(14)6-9;/h2-3,6,8,15H,4-5,7H2,1H3;1H/t8-;/m0./s1. The summed E-state index contributed by atoms with van der Waals surface area (Å²) >= 11 is 8.10. The summed E-state index contributed by atoms with van der Waals surface area (Å²) in [7, 11) is 0. The number of piperazine rings is 1. The van der Waals surface area contributed by atoms with Gasteiger partial charge in [0.15, 0.2) is 0 Å². The van der Waals surface area contributed by atoms with Gasteiger partial charge < -0.3 is 10.2 Å². The largest absolute Gasteiger partial charge is 0.333 e. The molecule has 1 atom stereocenters. The Kier molecular flexibility index (Phi) is 6.17. The maximum Gasteiger partial charge on any atom is 0.254 e. The van der Waals surface area contributed by atoms with Crippen LogP contribution >= 0.6 is 46.6 Å². The maximum absolute atomic E-state index is 12.3. The minimum atomic E-state index is 0. The molecule has 0 spiro atoms. The van der Waals surface area contributed by atoms with Gasteiger partial charge in [-0.15, -0.1) is 12.4 Å². The lowest BCUT2D eigenvalue weighted by atomic mass is 10.1. The number of benzene rings is 1. The smallest absolute Gasteiger partial charge is 0.254 e. The summed E-state index contributed by atoms with van der Waals surface area (Å²) in [6.07, 6.45) is 0. The first-order valence-electron chi connectivity index (χ1n) is 5.56. The van der Waals surface area contributed by atoms with E-state index in [1.165, 1.54) is 0 Å². The number of amides is 1. The molecule has 1 amide bonds. The van der Waals surface area contributed by atoms with E-state index in [4.69, 9.17) is 11.6 Å². The molecule has 1 aliphatic rings. The summed E-state index contributed by atoms with van der Waals surface area (Å²) in [6.45, 7) is 4.54. The van der Waals surface area contributed by atoms with Crippen LogP contribution in [0.4, 0.5) is 0 Å². The fraction of sp³-hybridized carbons (Fsp3) is 0.417. The third-order valence-corrected chi connectivity index (χ3v) is 4.47. The summed E-state index contributed by atoms with van der Waals surface area (Å²) in [6, 6.07) is 5.66. The van der Waals surface area contributed by atoms with Crippen molar-refractivity contribution in [2.24, 2.45) is 0 Å². The van der Waals surface area contributed by atoms with Crippen LogP contribution in [0.1, 0.15) is 17.3 Å². The van der Waals surface area contributed by atoms with Crippen molar-refractivity contribution in [2.45, 2.75) is 13.0 Å². The van der Waals surface area contributed by atoms with Gasteiger partial charge in [0.1, 0.15) is 0 Å². The molecule has 0 radical (unpaired) electrons. The number of carbonyl (C=O) groups excluding carboxylic acids is 1. The predicted octanol–water partition coefficient (Wildman–Crippen LogP) is 2.80. The van der Waals surface area contributed by atoms with E-state index in [2.05, 4.69) is 34.8 Å². The van der Waals surface area contributed by atoms with Gasteiger partial charge in [0, 0.05) is 34.8 Å². The van der Waals surface area contributed by atoms with Crippen molar-refractivity contribution in [1.29, 1.82) is 0 Å². The minimum Gasteiger partial charge on any atom is -0.333 e. The highest BCUT2D eigenvalue weighted by molar-refractivity contribution is 14.1. The van der Waals surface area contributed by atoms with E-state index < -0.39 is 0 Å². The number of hydrogen-bond acceptors (Lipinski definition) is 2. The Morgan fingerprint density at radius 1 is 1.56 bits per heavy atom. The topological polar surface area (TPSA) is 32.3 Å². The van der Waals surface area contributed by atoms with E-state index in [9.17, 15) is 4.79 Å². The molecule has 0 unspecified atom stereocenters. The highest BCUT2D eigenvalue weighted by atomic mass is 127. The molecule has 2 rings (SSSR count). The van der Waals surface area contributed by atoms with Crippen LogP contribution < -0.4 is 5.32 Å². The Morgan fingerprint density at radius 2 is 2.28 bits per heavy atom. The molecule has 1 saturated heterocycles. The van der Waals surface area contributed by atoms with Crippen LogP contribution in [0.25, 0.3) is 0 Å². The SMILES string of the molecule is C[C@H]1CNCCN1C(=O)c1ccc(Cl)c(I)c1.Cl. The molecule has 1 aromatic rings. The van der Waals surface area contributed by atoms with E-state index in [0.717, 1.165) is 23.2 Å². The molecule has 0 bridgehead atoms. The molecule has 1 N–H and O–H groups in total. The van der Waals surface area contributed by atoms with Crippen molar-refractivity contribution in [3.8, 4) is 0 Å². The van der Waals surface area contributed by atoms with Gasteiger partial charge >= 0.3 is 0 Å². The van der Waals surface area contributed by atoms with Crippen molar-refractivity contribution in [2.75, 3.05) is 19.6 Å². The molecule has 1 aliphatic heterocycles. The van der Waals surface area contributed by atoms with Crippen LogP contribution in [-0.2, 0) is 0 Å². The lowest BCUT2D eigenvalue weighted by molar-refractivity contribution is 0.0655. The molecule has 100 valence electrons. The second-order valence-electron chi connectivity index (χ2n) is 4.18. The first-order valence-corrected chi connectivity index (χ1v) is 7.02. The van der Waals surface area contributed by atoms with Gasteiger partial charge in [-0.05, 0) is 47.7 Å². The molecule has 1 aromatic carbocycles. The fourth-order valence-corrected chi connectivity index (χ4v) is 2.57. The van der Waals surface area contributed by atoms with E-state index in [1.807, 2.05) is 11.0 Å². The summed E-state index contributed by atoms with van der Waals surface area (Å²) in [5.41, 5.74) is 0.715. The summed E-state index contributed by atoms with van der Waals surface area (Å²) in [5.74, 6) is 0.0913. The van der Waals surface area contributed by atoms with E-state index in [-0.39, 0.29) is 24.4 Å². The second-order valence-corrected chi connectivity index (χ2v) is 5.75. The van der Waals surface area contributed by atoms with E-state index in [1.54, 1.807) is 12.1 Å². The molecule has 1 heterocycles. The lowest BCUT2D eigenvalue weighted by Gasteiger charge is -2.34. The van der Waals surface area contributed by atoms with Crippen molar-refractivity contribution in [3.63, 3.8) is 0 Å². The average molecular weight is 401 g/mol. The molecule has 0 saturated carbocycles. The highest BCUT2D eigenvalue weighted by Gasteiger charge is 2.24. The van der Waals surface area contributed by atoms with Crippen molar-refractivity contribution < 1.29 is 4.79 Å². The summed E-state index contributed by atoms with van der Waals surface area (Å²) < 4.78 is 0.915. The lowest BCUT2D eigenvalue weighted by Crippen LogP contribution is -2.52. The zero-order chi connectivity index (χ0) is 12.4. The molecule has 6 heteroatoms. The minimum absolute atomic E-state index is 0. The van der Waals surface area contributed by atoms with E-state index >= 15 is 0 Å². The number of hydrogen-bond donors (Lipinski definition) is 1. The maximum atomic E-state index is 12.3. The van der Waals surface area contributed by atoms with Crippen LogP contribution in [0.15, 0.2) is 18.2 Å². The number of rotatable bonds is 1. The molecule has 3 nitrogen and oxygen atoms in total. The van der Waals surface area contributed by atoms with E-state index in [0.29, 0.717) is 10.6 Å². The first kappa shape index (κ1) is 16.0. The van der Waals surface area contributed by atoms with Crippen LogP contribution in [0.2, 0.25) is 5.02 Å². The number of nitrogens with zero attached hydrogens (tertiary/aromatic N) is 1. The monoisotopic (exact) mass is 400 g/mol. The third kappa shape index (κ3) is 3.50. The molecular weight excluding hydrogens is 386 g/mol.